The van der Waals surface area contributed by atoms with Crippen LogP contribution in [0.3, 0.4) is 0 Å². The molecule has 1 aliphatic rings. The third-order valence-corrected chi connectivity index (χ3v) is 6.05. The largest absolute Gasteiger partial charge is 0.493 e. The molecule has 1 amide bonds. The highest BCUT2D eigenvalue weighted by atomic mass is 79.9. The lowest BCUT2D eigenvalue weighted by Crippen LogP contribution is -2.48. The van der Waals surface area contributed by atoms with Gasteiger partial charge in [-0.15, -0.1) is 0 Å². The first kappa shape index (κ1) is 22.4. The Kier molecular flexibility index (Phi) is 7.99. The number of hydrogen-bond donors (Lipinski definition) is 0. The molecule has 1 aliphatic heterocycles. The molecule has 1 heterocycles. The summed E-state index contributed by atoms with van der Waals surface area (Å²) in [7, 11) is 3.27. The van der Waals surface area contributed by atoms with Crippen molar-refractivity contribution in [1.82, 2.24) is 9.80 Å². The van der Waals surface area contributed by atoms with Gasteiger partial charge in [-0.1, -0.05) is 45.8 Å². The summed E-state index contributed by atoms with van der Waals surface area (Å²) >= 11 is 3.62. The molecule has 0 saturated carbocycles. The van der Waals surface area contributed by atoms with E-state index in [2.05, 4.69) is 52.0 Å². The van der Waals surface area contributed by atoms with Crippen LogP contribution in [-0.2, 0) is 17.7 Å². The molecule has 162 valence electrons. The van der Waals surface area contributed by atoms with Crippen LogP contribution in [0.1, 0.15) is 16.7 Å². The van der Waals surface area contributed by atoms with Crippen molar-refractivity contribution in [1.29, 1.82) is 0 Å². The van der Waals surface area contributed by atoms with Crippen LogP contribution in [0.25, 0.3) is 0 Å². The Balaban J connectivity index is 1.45. The van der Waals surface area contributed by atoms with Crippen LogP contribution < -0.4 is 9.47 Å². The van der Waals surface area contributed by atoms with Crippen molar-refractivity contribution in [3.8, 4) is 11.5 Å². The average Bonchev–Trinajstić information content (AvgIpc) is 2.76. The van der Waals surface area contributed by atoms with Gasteiger partial charge < -0.3 is 19.1 Å². The lowest BCUT2D eigenvalue weighted by molar-refractivity contribution is 0.0752. The molecule has 0 spiro atoms. The summed E-state index contributed by atoms with van der Waals surface area (Å²) in [5.41, 5.74) is 3.54. The van der Waals surface area contributed by atoms with Crippen LogP contribution in [0.5, 0.6) is 11.5 Å². The number of carbonyl (C=O) groups is 1. The quantitative estimate of drug-likeness (QED) is 0.596. The summed E-state index contributed by atoms with van der Waals surface area (Å²) in [4.78, 5) is 16.5. The molecule has 6 nitrogen and oxygen atoms in total. The number of carbonyl (C=O) groups excluding carboxylic acids is 1. The van der Waals surface area contributed by atoms with Crippen LogP contribution in [-0.4, -0.2) is 62.9 Å². The molecule has 2 aromatic rings. The summed E-state index contributed by atoms with van der Waals surface area (Å²) in [6.07, 6.45) is 0.508. The Hall–Kier alpha value is -2.25. The molecule has 3 rings (SSSR count). The molecule has 7 heteroatoms. The van der Waals surface area contributed by atoms with Gasteiger partial charge in [-0.2, -0.15) is 0 Å². The van der Waals surface area contributed by atoms with E-state index in [1.165, 1.54) is 11.1 Å². The number of aryl methyl sites for hydroxylation is 1. The first-order valence-electron chi connectivity index (χ1n) is 10.1. The van der Waals surface area contributed by atoms with Gasteiger partial charge in [-0.25, -0.2) is 4.79 Å². The number of nitrogens with zero attached hydrogens (tertiary/aromatic N) is 2. The molecule has 2 aromatic carbocycles. The zero-order chi connectivity index (χ0) is 21.5. The molecule has 1 fully saturated rings. The lowest BCUT2D eigenvalue weighted by atomic mass is 10.1. The fourth-order valence-electron chi connectivity index (χ4n) is 3.45. The van der Waals surface area contributed by atoms with E-state index in [4.69, 9.17) is 14.2 Å². The van der Waals surface area contributed by atoms with E-state index in [-0.39, 0.29) is 6.09 Å². The van der Waals surface area contributed by atoms with Gasteiger partial charge in [0.15, 0.2) is 11.5 Å². The number of halogens is 1. The van der Waals surface area contributed by atoms with E-state index < -0.39 is 0 Å². The van der Waals surface area contributed by atoms with E-state index >= 15 is 0 Å². The van der Waals surface area contributed by atoms with Crippen molar-refractivity contribution in [3.63, 3.8) is 0 Å². The van der Waals surface area contributed by atoms with Gasteiger partial charge in [0.25, 0.3) is 0 Å². The second kappa shape index (κ2) is 10.7. The van der Waals surface area contributed by atoms with Gasteiger partial charge in [0.2, 0.25) is 0 Å². The van der Waals surface area contributed by atoms with Gasteiger partial charge in [0.1, 0.15) is 0 Å². The number of benzene rings is 2. The number of ether oxygens (including phenoxy) is 3. The molecule has 0 bridgehead atoms. The van der Waals surface area contributed by atoms with Crippen molar-refractivity contribution >= 4 is 22.0 Å². The van der Waals surface area contributed by atoms with Crippen LogP contribution in [0.2, 0.25) is 0 Å². The molecule has 0 radical (unpaired) electrons. The highest BCUT2D eigenvalue weighted by molar-refractivity contribution is 9.10. The first-order chi connectivity index (χ1) is 14.5. The normalized spacial score (nSPS) is 14.5. The minimum absolute atomic E-state index is 0.228. The Labute approximate surface area is 186 Å². The zero-order valence-corrected chi connectivity index (χ0v) is 19.4. The maximum atomic E-state index is 12.4. The summed E-state index contributed by atoms with van der Waals surface area (Å²) in [6.45, 7) is 6.16. The molecule has 0 unspecified atom stereocenters. The van der Waals surface area contributed by atoms with Crippen molar-refractivity contribution in [2.24, 2.45) is 0 Å². The summed E-state index contributed by atoms with van der Waals surface area (Å²) < 4.78 is 17.2. The van der Waals surface area contributed by atoms with Gasteiger partial charge in [0.05, 0.1) is 20.8 Å². The smallest absolute Gasteiger partial charge is 0.409 e. The zero-order valence-electron chi connectivity index (χ0n) is 17.8. The van der Waals surface area contributed by atoms with Crippen molar-refractivity contribution < 1.29 is 19.0 Å². The average molecular weight is 477 g/mol. The number of methoxy groups -OCH3 is 2. The third kappa shape index (κ3) is 5.89. The van der Waals surface area contributed by atoms with Crippen LogP contribution in [0.15, 0.2) is 40.9 Å². The molecule has 1 saturated heterocycles. The topological polar surface area (TPSA) is 51.2 Å². The number of amides is 1. The first-order valence-corrected chi connectivity index (χ1v) is 10.9. The Bertz CT molecular complexity index is 849. The van der Waals surface area contributed by atoms with Gasteiger partial charge in [-0.05, 0) is 30.2 Å². The predicted octanol–water partition coefficient (Wildman–Crippen LogP) is 4.27. The number of rotatable bonds is 7. The standard InChI is InChI=1S/C23H29BrN2O4/c1-17-4-6-18(7-5-17)8-13-30-23(27)26-11-9-25(10-12-26)16-19-14-21(28-2)22(29-3)15-20(19)24/h4-7,14-15H,8-13,16H2,1-3H3. The van der Waals surface area contributed by atoms with Crippen molar-refractivity contribution in [2.45, 2.75) is 19.9 Å². The second-order valence-electron chi connectivity index (χ2n) is 7.41. The van der Waals surface area contributed by atoms with Crippen molar-refractivity contribution in [3.05, 3.63) is 57.6 Å². The highest BCUT2D eigenvalue weighted by Gasteiger charge is 2.23. The number of hydrogen-bond acceptors (Lipinski definition) is 5. The Morgan fingerprint density at radius 2 is 1.63 bits per heavy atom. The Morgan fingerprint density at radius 3 is 2.27 bits per heavy atom. The summed E-state index contributed by atoms with van der Waals surface area (Å²) in [5.74, 6) is 1.41. The van der Waals surface area contributed by atoms with Crippen molar-refractivity contribution in [2.75, 3.05) is 47.0 Å². The minimum atomic E-state index is -0.228. The van der Waals surface area contributed by atoms with Gasteiger partial charge >= 0.3 is 6.09 Å². The highest BCUT2D eigenvalue weighted by Crippen LogP contribution is 2.34. The number of piperazine rings is 1. The van der Waals surface area contributed by atoms with E-state index in [0.717, 1.165) is 36.1 Å². The fraction of sp³-hybridized carbons (Fsp3) is 0.435. The predicted molar refractivity (Wildman–Crippen MR) is 120 cm³/mol. The molecule has 30 heavy (non-hydrogen) atoms. The molecular formula is C23H29BrN2O4. The summed E-state index contributed by atoms with van der Waals surface area (Å²) in [6, 6.07) is 12.2. The Morgan fingerprint density at radius 1 is 1.00 bits per heavy atom. The van der Waals surface area contributed by atoms with Crippen LogP contribution in [0, 0.1) is 6.92 Å². The molecule has 0 N–H and O–H groups in total. The molecule has 0 atom stereocenters. The SMILES string of the molecule is COc1cc(Br)c(CN2CCN(C(=O)OCCc3ccc(C)cc3)CC2)cc1OC. The second-order valence-corrected chi connectivity index (χ2v) is 8.27. The van der Waals surface area contributed by atoms with Crippen LogP contribution >= 0.6 is 15.9 Å². The fourth-order valence-corrected chi connectivity index (χ4v) is 3.90. The summed E-state index contributed by atoms with van der Waals surface area (Å²) in [5, 5.41) is 0. The van der Waals surface area contributed by atoms with Gasteiger partial charge in [0, 0.05) is 43.6 Å². The van der Waals surface area contributed by atoms with E-state index in [0.29, 0.717) is 31.2 Å². The maximum absolute atomic E-state index is 12.4. The molecular weight excluding hydrogens is 448 g/mol. The van der Waals surface area contributed by atoms with E-state index in [9.17, 15) is 4.79 Å². The van der Waals surface area contributed by atoms with E-state index in [1.54, 1.807) is 19.1 Å². The third-order valence-electron chi connectivity index (χ3n) is 5.31. The van der Waals surface area contributed by atoms with Gasteiger partial charge in [-0.3, -0.25) is 4.90 Å². The van der Waals surface area contributed by atoms with E-state index in [1.807, 2.05) is 12.1 Å². The molecule has 0 aliphatic carbocycles. The molecule has 0 aromatic heterocycles. The maximum Gasteiger partial charge on any atom is 0.409 e. The lowest BCUT2D eigenvalue weighted by Gasteiger charge is -2.34. The minimum Gasteiger partial charge on any atom is -0.493 e. The van der Waals surface area contributed by atoms with Crippen LogP contribution in [0.4, 0.5) is 4.79 Å². The monoisotopic (exact) mass is 476 g/mol.